The van der Waals surface area contributed by atoms with Crippen LogP contribution in [0.25, 0.3) is 0 Å². The van der Waals surface area contributed by atoms with Gasteiger partial charge in [-0.1, -0.05) is 19.1 Å². The summed E-state index contributed by atoms with van der Waals surface area (Å²) in [6, 6.07) is 3.86. The lowest BCUT2D eigenvalue weighted by Crippen LogP contribution is -2.24. The molecule has 0 fully saturated rings. The van der Waals surface area contributed by atoms with Crippen molar-refractivity contribution in [2.45, 2.75) is 26.4 Å². The molecule has 1 heterocycles. The first kappa shape index (κ1) is 12.7. The molecular weight excluding hydrogens is 200 g/mol. The molecule has 0 unspecified atom stereocenters. The van der Waals surface area contributed by atoms with Crippen molar-refractivity contribution in [2.75, 3.05) is 18.0 Å². The highest BCUT2D eigenvalue weighted by molar-refractivity contribution is 5.40. The van der Waals surface area contributed by atoms with E-state index in [1.165, 1.54) is 0 Å². The van der Waals surface area contributed by atoms with Crippen LogP contribution < -0.4 is 4.90 Å². The highest BCUT2D eigenvalue weighted by Gasteiger charge is 2.06. The van der Waals surface area contributed by atoms with Crippen LogP contribution in [0.2, 0.25) is 0 Å². The fourth-order valence-electron chi connectivity index (χ4n) is 1.56. The van der Waals surface area contributed by atoms with E-state index in [9.17, 15) is 5.11 Å². The Morgan fingerprint density at radius 3 is 2.75 bits per heavy atom. The van der Waals surface area contributed by atoms with Crippen molar-refractivity contribution in [2.24, 2.45) is 0 Å². The lowest BCUT2D eigenvalue weighted by atomic mass is 10.2. The summed E-state index contributed by atoms with van der Waals surface area (Å²) in [6.45, 7) is 9.39. The minimum absolute atomic E-state index is 0.458. The van der Waals surface area contributed by atoms with Crippen LogP contribution >= 0.6 is 0 Å². The minimum Gasteiger partial charge on any atom is -0.389 e. The first-order valence-electron chi connectivity index (χ1n) is 5.69. The highest BCUT2D eigenvalue weighted by Crippen LogP contribution is 2.15. The maximum Gasteiger partial charge on any atom is 0.128 e. The second-order valence-electron chi connectivity index (χ2n) is 3.86. The standard InChI is InChI=1S/C13H20N2O/c1-4-8-15(9-5-2)13-7-6-12(10-14-13)11(3)16/h4,6-7,10-11,16H,1,5,8-9H2,2-3H3/t11-/m0/s1. The molecule has 1 rings (SSSR count). The predicted octanol–water partition coefficient (Wildman–Crippen LogP) is 2.54. The molecule has 3 nitrogen and oxygen atoms in total. The van der Waals surface area contributed by atoms with E-state index in [4.69, 9.17) is 0 Å². The lowest BCUT2D eigenvalue weighted by Gasteiger charge is -2.21. The zero-order valence-electron chi connectivity index (χ0n) is 10.1. The maximum atomic E-state index is 9.39. The van der Waals surface area contributed by atoms with Gasteiger partial charge in [-0.15, -0.1) is 6.58 Å². The van der Waals surface area contributed by atoms with Crippen molar-refractivity contribution in [3.05, 3.63) is 36.5 Å². The van der Waals surface area contributed by atoms with Crippen molar-refractivity contribution in [1.82, 2.24) is 4.98 Å². The topological polar surface area (TPSA) is 36.4 Å². The van der Waals surface area contributed by atoms with Crippen molar-refractivity contribution in [3.63, 3.8) is 0 Å². The first-order valence-corrected chi connectivity index (χ1v) is 5.69. The molecule has 0 saturated carbocycles. The number of rotatable bonds is 6. The lowest BCUT2D eigenvalue weighted by molar-refractivity contribution is 0.199. The molecule has 0 amide bonds. The summed E-state index contributed by atoms with van der Waals surface area (Å²) in [6.07, 6.45) is 4.22. The van der Waals surface area contributed by atoms with Gasteiger partial charge in [-0.2, -0.15) is 0 Å². The Morgan fingerprint density at radius 2 is 2.31 bits per heavy atom. The first-order chi connectivity index (χ1) is 7.69. The molecule has 1 aromatic heterocycles. The summed E-state index contributed by atoms with van der Waals surface area (Å²) >= 11 is 0. The Hall–Kier alpha value is -1.35. The van der Waals surface area contributed by atoms with E-state index in [1.54, 1.807) is 13.1 Å². The number of hydrogen-bond donors (Lipinski definition) is 1. The molecule has 0 aliphatic heterocycles. The second kappa shape index (κ2) is 6.28. The monoisotopic (exact) mass is 220 g/mol. The summed E-state index contributed by atoms with van der Waals surface area (Å²) in [5.41, 5.74) is 0.846. The van der Waals surface area contributed by atoms with Crippen molar-refractivity contribution >= 4 is 5.82 Å². The Balaban J connectivity index is 2.80. The number of anilines is 1. The molecule has 0 aliphatic rings. The Bertz CT molecular complexity index is 319. The molecule has 0 aliphatic carbocycles. The molecule has 0 spiro atoms. The molecule has 0 radical (unpaired) electrons. The molecule has 16 heavy (non-hydrogen) atoms. The van der Waals surface area contributed by atoms with Crippen LogP contribution in [0.1, 0.15) is 31.9 Å². The van der Waals surface area contributed by atoms with E-state index >= 15 is 0 Å². The maximum absolute atomic E-state index is 9.39. The molecule has 1 aromatic rings. The van der Waals surface area contributed by atoms with E-state index in [0.29, 0.717) is 0 Å². The molecule has 1 atom stereocenters. The Labute approximate surface area is 97.4 Å². The summed E-state index contributed by atoms with van der Waals surface area (Å²) in [5, 5.41) is 9.39. The number of aliphatic hydroxyl groups excluding tert-OH is 1. The summed E-state index contributed by atoms with van der Waals surface area (Å²) in [7, 11) is 0. The Kier molecular flexibility index (Phi) is 4.99. The van der Waals surface area contributed by atoms with Crippen LogP contribution in [0.4, 0.5) is 5.82 Å². The molecule has 3 heteroatoms. The highest BCUT2D eigenvalue weighted by atomic mass is 16.3. The SMILES string of the molecule is C=CCN(CCC)c1ccc([C@H](C)O)cn1. The van der Waals surface area contributed by atoms with Crippen LogP contribution in [0, 0.1) is 0 Å². The normalized spacial score (nSPS) is 12.2. The fraction of sp³-hybridized carbons (Fsp3) is 0.462. The largest absolute Gasteiger partial charge is 0.389 e. The third kappa shape index (κ3) is 3.35. The van der Waals surface area contributed by atoms with Gasteiger partial charge in [0, 0.05) is 19.3 Å². The number of aromatic nitrogens is 1. The molecule has 88 valence electrons. The van der Waals surface area contributed by atoms with Crippen molar-refractivity contribution in [3.8, 4) is 0 Å². The van der Waals surface area contributed by atoms with Crippen LogP contribution in [0.15, 0.2) is 31.0 Å². The average Bonchev–Trinajstić information content (AvgIpc) is 2.29. The number of nitrogens with zero attached hydrogens (tertiary/aromatic N) is 2. The summed E-state index contributed by atoms with van der Waals surface area (Å²) < 4.78 is 0. The second-order valence-corrected chi connectivity index (χ2v) is 3.86. The van der Waals surface area contributed by atoms with Gasteiger partial charge in [-0.25, -0.2) is 4.98 Å². The molecule has 0 bridgehead atoms. The fourth-order valence-corrected chi connectivity index (χ4v) is 1.56. The van der Waals surface area contributed by atoms with Crippen LogP contribution in [0.5, 0.6) is 0 Å². The third-order valence-electron chi connectivity index (χ3n) is 2.42. The van der Waals surface area contributed by atoms with Gasteiger partial charge >= 0.3 is 0 Å². The van der Waals surface area contributed by atoms with Crippen molar-refractivity contribution < 1.29 is 5.11 Å². The zero-order valence-corrected chi connectivity index (χ0v) is 10.1. The average molecular weight is 220 g/mol. The van der Waals surface area contributed by atoms with E-state index in [1.807, 2.05) is 18.2 Å². The molecule has 0 saturated heterocycles. The van der Waals surface area contributed by atoms with E-state index in [2.05, 4.69) is 23.4 Å². The van der Waals surface area contributed by atoms with Crippen LogP contribution in [-0.4, -0.2) is 23.2 Å². The van der Waals surface area contributed by atoms with Gasteiger partial charge in [0.05, 0.1) is 6.10 Å². The number of pyridine rings is 1. The van der Waals surface area contributed by atoms with Gasteiger partial charge in [0.15, 0.2) is 0 Å². The van der Waals surface area contributed by atoms with Gasteiger partial charge in [0.1, 0.15) is 5.82 Å². The Morgan fingerprint density at radius 1 is 1.56 bits per heavy atom. The van der Waals surface area contributed by atoms with Crippen LogP contribution in [0.3, 0.4) is 0 Å². The van der Waals surface area contributed by atoms with E-state index in [0.717, 1.165) is 30.9 Å². The number of aliphatic hydroxyl groups is 1. The minimum atomic E-state index is -0.458. The van der Waals surface area contributed by atoms with Gasteiger partial charge < -0.3 is 10.0 Å². The van der Waals surface area contributed by atoms with Crippen molar-refractivity contribution in [1.29, 1.82) is 0 Å². The summed E-state index contributed by atoms with van der Waals surface area (Å²) in [5.74, 6) is 0.936. The van der Waals surface area contributed by atoms with Gasteiger partial charge in [-0.3, -0.25) is 0 Å². The van der Waals surface area contributed by atoms with E-state index in [-0.39, 0.29) is 0 Å². The third-order valence-corrected chi connectivity index (χ3v) is 2.42. The quantitative estimate of drug-likeness (QED) is 0.748. The zero-order chi connectivity index (χ0) is 12.0. The molecular formula is C13H20N2O. The van der Waals surface area contributed by atoms with E-state index < -0.39 is 6.10 Å². The predicted molar refractivity (Wildman–Crippen MR) is 67.6 cm³/mol. The van der Waals surface area contributed by atoms with Gasteiger partial charge in [0.25, 0.3) is 0 Å². The van der Waals surface area contributed by atoms with Gasteiger partial charge in [0.2, 0.25) is 0 Å². The summed E-state index contributed by atoms with van der Waals surface area (Å²) in [4.78, 5) is 6.52. The van der Waals surface area contributed by atoms with Gasteiger partial charge in [-0.05, 0) is 25.0 Å². The number of hydrogen-bond acceptors (Lipinski definition) is 3. The molecule has 0 aromatic carbocycles. The molecule has 1 N–H and O–H groups in total. The smallest absolute Gasteiger partial charge is 0.128 e. The van der Waals surface area contributed by atoms with Crippen LogP contribution in [-0.2, 0) is 0 Å².